The Morgan fingerprint density at radius 3 is 2.59 bits per heavy atom. The first-order valence-corrected chi connectivity index (χ1v) is 7.54. The molecule has 0 spiro atoms. The second-order valence-electron chi connectivity index (χ2n) is 6.02. The molecule has 3 heterocycles. The number of likely N-dealkylation sites (tertiary alicyclic amines) is 1. The molecule has 22 heavy (non-hydrogen) atoms. The number of carbonyl (C=O) groups is 1. The Morgan fingerprint density at radius 2 is 2.00 bits per heavy atom. The maximum absolute atomic E-state index is 12.4. The molecular formula is C15H22N6O. The van der Waals surface area contributed by atoms with Crippen LogP contribution >= 0.6 is 0 Å². The molecular weight excluding hydrogens is 280 g/mol. The van der Waals surface area contributed by atoms with E-state index in [9.17, 15) is 4.79 Å². The van der Waals surface area contributed by atoms with Crippen molar-refractivity contribution < 1.29 is 4.79 Å². The van der Waals surface area contributed by atoms with Crippen LogP contribution in [0.1, 0.15) is 29.5 Å². The van der Waals surface area contributed by atoms with Gasteiger partial charge in [0.1, 0.15) is 12.4 Å². The van der Waals surface area contributed by atoms with Crippen molar-refractivity contribution in [1.29, 1.82) is 0 Å². The molecule has 2 aromatic rings. The van der Waals surface area contributed by atoms with Gasteiger partial charge in [-0.15, -0.1) is 0 Å². The van der Waals surface area contributed by atoms with Crippen LogP contribution in [0.5, 0.6) is 0 Å². The largest absolute Gasteiger partial charge is 0.384 e. The summed E-state index contributed by atoms with van der Waals surface area (Å²) in [6.45, 7) is 7.56. The molecule has 3 rings (SSSR count). The normalized spacial score (nSPS) is 18.1. The predicted molar refractivity (Wildman–Crippen MR) is 83.3 cm³/mol. The molecule has 1 atom stereocenters. The zero-order valence-electron chi connectivity index (χ0n) is 13.3. The molecule has 1 fully saturated rings. The Hall–Kier alpha value is -2.31. The summed E-state index contributed by atoms with van der Waals surface area (Å²) in [6.07, 6.45) is 0.932. The van der Waals surface area contributed by atoms with E-state index in [2.05, 4.69) is 23.2 Å². The summed E-state index contributed by atoms with van der Waals surface area (Å²) >= 11 is 0. The van der Waals surface area contributed by atoms with E-state index in [-0.39, 0.29) is 18.5 Å². The number of amides is 1. The SMILES string of the molecule is Cc1cc(N)n(CC(=O)N2CCC(n3nc(C)cc3C)C2)n1. The lowest BCUT2D eigenvalue weighted by atomic mass is 10.2. The van der Waals surface area contributed by atoms with E-state index >= 15 is 0 Å². The molecule has 1 saturated heterocycles. The number of nitrogen functional groups attached to an aromatic ring is 1. The third-order valence-corrected chi connectivity index (χ3v) is 4.12. The van der Waals surface area contributed by atoms with E-state index in [1.807, 2.05) is 23.4 Å². The topological polar surface area (TPSA) is 82.0 Å². The standard InChI is InChI=1S/C15H22N6O/c1-10-6-12(3)21(18-10)13-4-5-19(8-13)15(22)9-20-14(16)7-11(2)17-20/h6-7,13H,4-5,8-9,16H2,1-3H3. The molecule has 1 amide bonds. The van der Waals surface area contributed by atoms with E-state index < -0.39 is 0 Å². The lowest BCUT2D eigenvalue weighted by Gasteiger charge is -2.17. The lowest BCUT2D eigenvalue weighted by Crippen LogP contribution is -2.33. The van der Waals surface area contributed by atoms with Gasteiger partial charge in [0.05, 0.1) is 17.4 Å². The average Bonchev–Trinajstić information content (AvgIpc) is 3.10. The maximum Gasteiger partial charge on any atom is 0.244 e. The van der Waals surface area contributed by atoms with Crippen molar-refractivity contribution in [2.45, 2.75) is 39.8 Å². The van der Waals surface area contributed by atoms with Crippen LogP contribution < -0.4 is 5.73 Å². The molecule has 0 bridgehead atoms. The van der Waals surface area contributed by atoms with Crippen molar-refractivity contribution >= 4 is 11.7 Å². The van der Waals surface area contributed by atoms with Crippen molar-refractivity contribution in [2.75, 3.05) is 18.8 Å². The van der Waals surface area contributed by atoms with E-state index in [0.29, 0.717) is 12.4 Å². The van der Waals surface area contributed by atoms with Crippen molar-refractivity contribution in [2.24, 2.45) is 0 Å². The van der Waals surface area contributed by atoms with Gasteiger partial charge >= 0.3 is 0 Å². The summed E-state index contributed by atoms with van der Waals surface area (Å²) in [5.74, 6) is 0.582. The van der Waals surface area contributed by atoms with Gasteiger partial charge in [0.2, 0.25) is 5.91 Å². The van der Waals surface area contributed by atoms with Gasteiger partial charge in [-0.05, 0) is 33.3 Å². The Balaban J connectivity index is 1.66. The molecule has 7 heteroatoms. The quantitative estimate of drug-likeness (QED) is 0.919. The Morgan fingerprint density at radius 1 is 1.27 bits per heavy atom. The highest BCUT2D eigenvalue weighted by Crippen LogP contribution is 2.23. The smallest absolute Gasteiger partial charge is 0.244 e. The molecule has 0 saturated carbocycles. The fourth-order valence-corrected chi connectivity index (χ4v) is 3.10. The summed E-state index contributed by atoms with van der Waals surface area (Å²) in [5, 5.41) is 8.77. The Bertz CT molecular complexity index is 701. The van der Waals surface area contributed by atoms with E-state index in [1.54, 1.807) is 10.7 Å². The summed E-state index contributed by atoms with van der Waals surface area (Å²) in [5.41, 5.74) is 8.83. The van der Waals surface area contributed by atoms with Crippen LogP contribution in [0.15, 0.2) is 12.1 Å². The van der Waals surface area contributed by atoms with E-state index in [0.717, 1.165) is 30.0 Å². The highest BCUT2D eigenvalue weighted by Gasteiger charge is 2.29. The number of rotatable bonds is 3. The highest BCUT2D eigenvalue weighted by atomic mass is 16.2. The van der Waals surface area contributed by atoms with Crippen LogP contribution in [0, 0.1) is 20.8 Å². The third-order valence-electron chi connectivity index (χ3n) is 4.12. The summed E-state index contributed by atoms with van der Waals surface area (Å²) < 4.78 is 3.60. The number of carbonyl (C=O) groups excluding carboxylic acids is 1. The number of hydrogen-bond donors (Lipinski definition) is 1. The van der Waals surface area contributed by atoms with Gasteiger partial charge in [0, 0.05) is 24.8 Å². The molecule has 1 unspecified atom stereocenters. The van der Waals surface area contributed by atoms with Gasteiger partial charge in [-0.3, -0.25) is 9.48 Å². The molecule has 1 aliphatic rings. The van der Waals surface area contributed by atoms with E-state index in [4.69, 9.17) is 5.73 Å². The van der Waals surface area contributed by atoms with Crippen LogP contribution in [0.2, 0.25) is 0 Å². The van der Waals surface area contributed by atoms with E-state index in [1.165, 1.54) is 0 Å². The molecule has 0 radical (unpaired) electrons. The van der Waals surface area contributed by atoms with Gasteiger partial charge < -0.3 is 10.6 Å². The predicted octanol–water partition coefficient (Wildman–Crippen LogP) is 1.06. The zero-order chi connectivity index (χ0) is 15.9. The molecule has 7 nitrogen and oxygen atoms in total. The molecule has 0 aliphatic carbocycles. The van der Waals surface area contributed by atoms with Gasteiger partial charge in [-0.2, -0.15) is 10.2 Å². The number of nitrogens with two attached hydrogens (primary N) is 1. The summed E-state index contributed by atoms with van der Waals surface area (Å²) in [7, 11) is 0. The minimum atomic E-state index is 0.0545. The monoisotopic (exact) mass is 302 g/mol. The fraction of sp³-hybridized carbons (Fsp3) is 0.533. The van der Waals surface area contributed by atoms with Crippen LogP contribution in [0.4, 0.5) is 5.82 Å². The Labute approximate surface area is 129 Å². The van der Waals surface area contributed by atoms with Crippen molar-refractivity contribution in [3.8, 4) is 0 Å². The number of anilines is 1. The molecule has 1 aliphatic heterocycles. The summed E-state index contributed by atoms with van der Waals surface area (Å²) in [4.78, 5) is 14.3. The lowest BCUT2D eigenvalue weighted by molar-refractivity contribution is -0.131. The second kappa shape index (κ2) is 5.47. The van der Waals surface area contributed by atoms with Gasteiger partial charge in [-0.25, -0.2) is 4.68 Å². The zero-order valence-corrected chi connectivity index (χ0v) is 13.3. The third kappa shape index (κ3) is 2.70. The highest BCUT2D eigenvalue weighted by molar-refractivity contribution is 5.76. The number of aryl methyl sites for hydroxylation is 3. The van der Waals surface area contributed by atoms with Crippen LogP contribution in [0.25, 0.3) is 0 Å². The van der Waals surface area contributed by atoms with Gasteiger partial charge in [0.25, 0.3) is 0 Å². The number of hydrogen-bond acceptors (Lipinski definition) is 4. The molecule has 118 valence electrons. The maximum atomic E-state index is 12.4. The number of aromatic nitrogens is 4. The van der Waals surface area contributed by atoms with Crippen molar-refractivity contribution in [3.05, 3.63) is 29.2 Å². The number of nitrogens with zero attached hydrogens (tertiary/aromatic N) is 5. The van der Waals surface area contributed by atoms with Gasteiger partial charge in [-0.1, -0.05) is 0 Å². The first-order valence-electron chi connectivity index (χ1n) is 7.54. The minimum absolute atomic E-state index is 0.0545. The fourth-order valence-electron chi connectivity index (χ4n) is 3.10. The summed E-state index contributed by atoms with van der Waals surface area (Å²) in [6, 6.07) is 4.10. The average molecular weight is 302 g/mol. The molecule has 0 aromatic carbocycles. The minimum Gasteiger partial charge on any atom is -0.384 e. The van der Waals surface area contributed by atoms with Crippen LogP contribution in [0.3, 0.4) is 0 Å². The first-order chi connectivity index (χ1) is 10.4. The molecule has 2 N–H and O–H groups in total. The Kier molecular flexibility index (Phi) is 3.64. The van der Waals surface area contributed by atoms with Gasteiger partial charge in [0.15, 0.2) is 0 Å². The van der Waals surface area contributed by atoms with Crippen LogP contribution in [-0.4, -0.2) is 43.5 Å². The first kappa shape index (κ1) is 14.6. The molecule has 2 aromatic heterocycles. The van der Waals surface area contributed by atoms with Crippen molar-refractivity contribution in [3.63, 3.8) is 0 Å². The van der Waals surface area contributed by atoms with Crippen molar-refractivity contribution in [1.82, 2.24) is 24.5 Å². The second-order valence-corrected chi connectivity index (χ2v) is 6.02. The van der Waals surface area contributed by atoms with Crippen LogP contribution in [-0.2, 0) is 11.3 Å².